The van der Waals surface area contributed by atoms with Gasteiger partial charge in [0, 0.05) is 50.5 Å². The summed E-state index contributed by atoms with van der Waals surface area (Å²) in [5.74, 6) is -0.243. The van der Waals surface area contributed by atoms with Crippen molar-refractivity contribution in [1.29, 1.82) is 0 Å². The van der Waals surface area contributed by atoms with Crippen LogP contribution >= 0.6 is 0 Å². The molecular weight excluding hydrogens is 292 g/mol. The Kier molecular flexibility index (Phi) is 12.4. The average Bonchev–Trinajstić information content (AvgIpc) is 2.83. The van der Waals surface area contributed by atoms with Gasteiger partial charge in [0.15, 0.2) is 0 Å². The van der Waals surface area contributed by atoms with Crippen molar-refractivity contribution in [3.8, 4) is 0 Å². The number of likely N-dealkylation sites (N-methyl/N-ethyl adjacent to an activating group) is 1. The zero-order valence-electron chi connectivity index (χ0n) is 15.3. The minimum absolute atomic E-state index is 0.646. The van der Waals surface area contributed by atoms with E-state index in [2.05, 4.69) is 30.3 Å². The number of hydrogen-bond acceptors (Lipinski definition) is 4. The zero-order valence-corrected chi connectivity index (χ0v) is 15.3. The first-order valence-corrected chi connectivity index (χ1v) is 8.61. The van der Waals surface area contributed by atoms with Gasteiger partial charge in [0.1, 0.15) is 0 Å². The number of carbonyl (C=O) groups is 1. The van der Waals surface area contributed by atoms with Gasteiger partial charge in [-0.05, 0) is 26.7 Å². The summed E-state index contributed by atoms with van der Waals surface area (Å²) in [6.45, 7) is 11.8. The monoisotopic (exact) mass is 326 g/mol. The van der Waals surface area contributed by atoms with Crippen LogP contribution in [0.15, 0.2) is 23.9 Å². The summed E-state index contributed by atoms with van der Waals surface area (Å²) in [6.07, 6.45) is 7.22. The lowest BCUT2D eigenvalue weighted by Crippen LogP contribution is -2.37. The van der Waals surface area contributed by atoms with Crippen molar-refractivity contribution in [3.63, 3.8) is 0 Å². The van der Waals surface area contributed by atoms with Crippen LogP contribution in [-0.2, 0) is 9.53 Å². The molecule has 2 fully saturated rings. The molecule has 0 radical (unpaired) electrons. The van der Waals surface area contributed by atoms with Gasteiger partial charge >= 0.3 is 5.97 Å². The minimum atomic E-state index is -0.891. The Morgan fingerprint density at radius 2 is 2.09 bits per heavy atom. The highest BCUT2D eigenvalue weighted by Crippen LogP contribution is 2.20. The molecule has 0 aromatic carbocycles. The number of nitrogens with one attached hydrogen (secondary N) is 1. The lowest BCUT2D eigenvalue weighted by Gasteiger charge is -2.25. The Balaban J connectivity index is 0.000000515. The van der Waals surface area contributed by atoms with Crippen LogP contribution in [0.4, 0.5) is 0 Å². The van der Waals surface area contributed by atoms with Crippen LogP contribution in [0.1, 0.15) is 40.5 Å². The van der Waals surface area contributed by atoms with Gasteiger partial charge in [0.2, 0.25) is 0 Å². The van der Waals surface area contributed by atoms with Crippen molar-refractivity contribution in [2.45, 2.75) is 46.6 Å². The molecule has 2 rings (SSSR count). The Hall–Kier alpha value is -1.33. The van der Waals surface area contributed by atoms with E-state index in [-0.39, 0.29) is 0 Å². The number of hydrogen-bond donors (Lipinski definition) is 2. The lowest BCUT2D eigenvalue weighted by molar-refractivity contribution is -0.131. The molecule has 2 unspecified atom stereocenters. The van der Waals surface area contributed by atoms with Gasteiger partial charge in [-0.25, -0.2) is 4.79 Å². The zero-order chi connectivity index (χ0) is 17.7. The van der Waals surface area contributed by atoms with Crippen LogP contribution in [0.5, 0.6) is 0 Å². The molecule has 2 heterocycles. The van der Waals surface area contributed by atoms with E-state index < -0.39 is 5.97 Å². The van der Waals surface area contributed by atoms with Crippen LogP contribution < -0.4 is 5.32 Å². The summed E-state index contributed by atoms with van der Waals surface area (Å²) < 4.78 is 5.65. The smallest absolute Gasteiger partial charge is 0.327 e. The predicted octanol–water partition coefficient (Wildman–Crippen LogP) is 2.89. The highest BCUT2D eigenvalue weighted by atomic mass is 16.5. The summed E-state index contributed by atoms with van der Waals surface area (Å²) in [4.78, 5) is 11.9. The van der Waals surface area contributed by atoms with E-state index in [4.69, 9.17) is 9.84 Å². The average molecular weight is 326 g/mol. The largest absolute Gasteiger partial charge is 0.478 e. The molecule has 23 heavy (non-hydrogen) atoms. The maximum atomic E-state index is 9.51. The fourth-order valence-corrected chi connectivity index (χ4v) is 2.75. The molecule has 2 saturated heterocycles. The molecule has 0 amide bonds. The molecule has 0 aromatic heterocycles. The van der Waals surface area contributed by atoms with Crippen molar-refractivity contribution < 1.29 is 14.6 Å². The van der Waals surface area contributed by atoms with Crippen molar-refractivity contribution in [2.24, 2.45) is 5.92 Å². The van der Waals surface area contributed by atoms with Crippen molar-refractivity contribution in [2.75, 3.05) is 33.4 Å². The summed E-state index contributed by atoms with van der Waals surface area (Å²) in [5, 5.41) is 11.5. The van der Waals surface area contributed by atoms with E-state index in [0.29, 0.717) is 12.0 Å². The third kappa shape index (κ3) is 8.77. The second kappa shape index (κ2) is 13.1. The fraction of sp³-hybridized carbons (Fsp3) is 0.722. The second-order valence-electron chi connectivity index (χ2n) is 5.46. The molecule has 134 valence electrons. The first kappa shape index (κ1) is 21.7. The van der Waals surface area contributed by atoms with Gasteiger partial charge < -0.3 is 20.1 Å². The van der Waals surface area contributed by atoms with Crippen molar-refractivity contribution in [1.82, 2.24) is 10.2 Å². The summed E-state index contributed by atoms with van der Waals surface area (Å²) in [5.41, 5.74) is 1.41. The third-order valence-electron chi connectivity index (χ3n) is 3.89. The number of nitrogens with zero attached hydrogens (tertiary/aromatic N) is 1. The number of rotatable bonds is 1. The molecule has 0 bridgehead atoms. The first-order chi connectivity index (χ1) is 11.1. The number of aliphatic carboxylic acids is 1. The van der Waals surface area contributed by atoms with Crippen LogP contribution in [-0.4, -0.2) is 55.4 Å². The van der Waals surface area contributed by atoms with Gasteiger partial charge in [-0.2, -0.15) is 0 Å². The maximum absolute atomic E-state index is 9.51. The number of carboxylic acid groups (broad SMARTS) is 1. The van der Waals surface area contributed by atoms with Gasteiger partial charge in [-0.15, -0.1) is 0 Å². The molecule has 2 atom stereocenters. The molecule has 0 aliphatic carbocycles. The third-order valence-corrected chi connectivity index (χ3v) is 3.89. The van der Waals surface area contributed by atoms with E-state index >= 15 is 0 Å². The lowest BCUT2D eigenvalue weighted by atomic mass is 9.97. The Morgan fingerprint density at radius 3 is 2.61 bits per heavy atom. The Labute approximate surface area is 141 Å². The molecular formula is C18H34N2O3. The normalized spacial score (nSPS) is 26.1. The molecule has 0 aromatic rings. The quantitative estimate of drug-likeness (QED) is 0.726. The first-order valence-electron chi connectivity index (χ1n) is 8.61. The van der Waals surface area contributed by atoms with Crippen LogP contribution in [0.25, 0.3) is 0 Å². The standard InChI is InChI=1S/C12H22N2O.C4H6O2.C2H6/c1-3-11-7-13-12-5-4-6-15-9-10(12)8-14(11)2;1-2-3-4(5)6;1-2/h3,10,12-13H,4-9H2,1-2H3;2-3H,1H3,(H,5,6);1-2H3/b11-3-;3-2+;. The van der Waals surface area contributed by atoms with Gasteiger partial charge in [0.25, 0.3) is 0 Å². The molecule has 0 spiro atoms. The SMILES string of the molecule is C/C=C/C(=O)O.C/C=C1/CNC2CCCOCC2CN1C.CC. The number of fused-ring (bicyclic) bond motifs is 1. The van der Waals surface area contributed by atoms with E-state index in [1.165, 1.54) is 24.6 Å². The summed E-state index contributed by atoms with van der Waals surface area (Å²) in [6, 6.07) is 0.646. The highest BCUT2D eigenvalue weighted by Gasteiger charge is 2.28. The number of allylic oxidation sites excluding steroid dienone is 2. The molecule has 5 nitrogen and oxygen atoms in total. The van der Waals surface area contributed by atoms with Gasteiger partial charge in [-0.3, -0.25) is 0 Å². The van der Waals surface area contributed by atoms with Crippen molar-refractivity contribution >= 4 is 5.97 Å². The second-order valence-corrected chi connectivity index (χ2v) is 5.46. The maximum Gasteiger partial charge on any atom is 0.327 e. The number of ether oxygens (including phenoxy) is 1. The van der Waals surface area contributed by atoms with E-state index in [1.54, 1.807) is 6.92 Å². The number of carboxylic acids is 1. The molecule has 2 aliphatic rings. The molecule has 5 heteroatoms. The highest BCUT2D eigenvalue weighted by molar-refractivity contribution is 5.79. The van der Waals surface area contributed by atoms with E-state index in [0.717, 1.165) is 32.4 Å². The minimum Gasteiger partial charge on any atom is -0.478 e. The van der Waals surface area contributed by atoms with Gasteiger partial charge in [0.05, 0.1) is 6.61 Å². The summed E-state index contributed by atoms with van der Waals surface area (Å²) >= 11 is 0. The van der Waals surface area contributed by atoms with Crippen LogP contribution in [0, 0.1) is 5.92 Å². The molecule has 2 N–H and O–H groups in total. The van der Waals surface area contributed by atoms with Crippen molar-refractivity contribution in [3.05, 3.63) is 23.9 Å². The van der Waals surface area contributed by atoms with Crippen LogP contribution in [0.3, 0.4) is 0 Å². The fourth-order valence-electron chi connectivity index (χ4n) is 2.75. The Bertz CT molecular complexity index is 380. The van der Waals surface area contributed by atoms with Gasteiger partial charge in [-0.1, -0.05) is 26.0 Å². The van der Waals surface area contributed by atoms with E-state index in [1.807, 2.05) is 13.8 Å². The Morgan fingerprint density at radius 1 is 1.39 bits per heavy atom. The molecule has 0 saturated carbocycles. The predicted molar refractivity (Wildman–Crippen MR) is 95.5 cm³/mol. The van der Waals surface area contributed by atoms with E-state index in [9.17, 15) is 4.79 Å². The summed E-state index contributed by atoms with van der Waals surface area (Å²) in [7, 11) is 2.18. The molecule has 2 aliphatic heterocycles. The van der Waals surface area contributed by atoms with Crippen LogP contribution in [0.2, 0.25) is 0 Å². The topological polar surface area (TPSA) is 61.8 Å².